The number of hydrogen-bond donors (Lipinski definition) is 1. The van der Waals surface area contributed by atoms with E-state index in [2.05, 4.69) is 4.98 Å². The summed E-state index contributed by atoms with van der Waals surface area (Å²) >= 11 is 0. The molecule has 5 nitrogen and oxygen atoms in total. The smallest absolute Gasteiger partial charge is 0.267 e. The van der Waals surface area contributed by atoms with E-state index in [4.69, 9.17) is 5.73 Å². The summed E-state index contributed by atoms with van der Waals surface area (Å²) in [5.41, 5.74) is 6.41. The Balaban J connectivity index is 1.79. The molecule has 1 aromatic carbocycles. The van der Waals surface area contributed by atoms with Gasteiger partial charge in [0.05, 0.1) is 6.04 Å². The molecule has 0 saturated heterocycles. The lowest BCUT2D eigenvalue weighted by Gasteiger charge is -2.22. The van der Waals surface area contributed by atoms with Crippen LogP contribution in [0.1, 0.15) is 65.1 Å². The number of aryl methyl sites for hydroxylation is 1. The van der Waals surface area contributed by atoms with Crippen molar-refractivity contribution in [2.45, 2.75) is 44.6 Å². The third-order valence-electron chi connectivity index (χ3n) is 5.11. The molecule has 2 N–H and O–H groups in total. The van der Waals surface area contributed by atoms with Crippen LogP contribution >= 0.6 is 0 Å². The first kappa shape index (κ1) is 16.0. The molecule has 1 aromatic heterocycles. The van der Waals surface area contributed by atoms with E-state index < -0.39 is 5.91 Å². The first-order valence-corrected chi connectivity index (χ1v) is 8.65. The number of rotatable bonds is 5. The zero-order chi connectivity index (χ0) is 17.7. The van der Waals surface area contributed by atoms with Crippen molar-refractivity contribution in [3.05, 3.63) is 63.1 Å². The number of nitrogens with two attached hydrogens (primary N) is 1. The Kier molecular flexibility index (Phi) is 3.71. The molecule has 1 atom stereocenters. The standard InChI is InChI=1S/C19H20FN3O2/c1-10-22-16(19(21)25)9-17(24)23(10)18(12-4-5-12)13-6-7-14(11-2-3-11)15(20)8-13/h6-9,11-12,18H,2-5H2,1H3,(H2,21,25)/t18-/m1/s1. The lowest BCUT2D eigenvalue weighted by Crippen LogP contribution is -2.31. The normalized spacial score (nSPS) is 18.2. The van der Waals surface area contributed by atoms with Crippen LogP contribution in [0, 0.1) is 18.7 Å². The number of carbonyl (C=O) groups is 1. The molecule has 1 amide bonds. The Morgan fingerprint density at radius 1 is 1.28 bits per heavy atom. The van der Waals surface area contributed by atoms with Crippen molar-refractivity contribution in [2.75, 3.05) is 0 Å². The summed E-state index contributed by atoms with van der Waals surface area (Å²) < 4.78 is 16.1. The van der Waals surface area contributed by atoms with Gasteiger partial charge in [-0.1, -0.05) is 12.1 Å². The minimum Gasteiger partial charge on any atom is -0.364 e. The fourth-order valence-corrected chi connectivity index (χ4v) is 3.57. The number of nitrogens with zero attached hydrogens (tertiary/aromatic N) is 2. The highest BCUT2D eigenvalue weighted by Crippen LogP contribution is 2.45. The number of hydrogen-bond acceptors (Lipinski definition) is 3. The summed E-state index contributed by atoms with van der Waals surface area (Å²) in [6.07, 6.45) is 4.05. The van der Waals surface area contributed by atoms with Gasteiger partial charge in [-0.15, -0.1) is 0 Å². The van der Waals surface area contributed by atoms with Crippen LogP contribution in [-0.4, -0.2) is 15.5 Å². The van der Waals surface area contributed by atoms with Crippen LogP contribution in [0.3, 0.4) is 0 Å². The minimum atomic E-state index is -0.727. The quantitative estimate of drug-likeness (QED) is 0.908. The third-order valence-corrected chi connectivity index (χ3v) is 5.11. The Bertz CT molecular complexity index is 913. The molecular weight excluding hydrogens is 321 g/mol. The second-order valence-corrected chi connectivity index (χ2v) is 7.10. The maximum atomic E-state index is 14.5. The maximum absolute atomic E-state index is 14.5. The summed E-state index contributed by atoms with van der Waals surface area (Å²) in [5.74, 6) is 0.122. The van der Waals surface area contributed by atoms with Gasteiger partial charge in [-0.2, -0.15) is 0 Å². The van der Waals surface area contributed by atoms with Crippen LogP contribution in [-0.2, 0) is 0 Å². The van der Waals surface area contributed by atoms with E-state index in [0.717, 1.165) is 36.8 Å². The Morgan fingerprint density at radius 3 is 2.52 bits per heavy atom. The average Bonchev–Trinajstić information content (AvgIpc) is 3.44. The van der Waals surface area contributed by atoms with Crippen molar-refractivity contribution in [1.29, 1.82) is 0 Å². The summed E-state index contributed by atoms with van der Waals surface area (Å²) in [7, 11) is 0. The molecule has 0 unspecified atom stereocenters. The van der Waals surface area contributed by atoms with Gasteiger partial charge in [0.1, 0.15) is 17.3 Å². The minimum absolute atomic E-state index is 0.0384. The van der Waals surface area contributed by atoms with Crippen molar-refractivity contribution < 1.29 is 9.18 Å². The average molecular weight is 341 g/mol. The van der Waals surface area contributed by atoms with Gasteiger partial charge in [0.2, 0.25) is 0 Å². The predicted octanol–water partition coefficient (Wildman–Crippen LogP) is 2.67. The highest BCUT2D eigenvalue weighted by Gasteiger charge is 2.36. The Labute approximate surface area is 144 Å². The molecule has 2 saturated carbocycles. The lowest BCUT2D eigenvalue weighted by atomic mass is 9.98. The molecule has 2 fully saturated rings. The number of aromatic nitrogens is 2. The molecule has 0 radical (unpaired) electrons. The zero-order valence-corrected chi connectivity index (χ0v) is 14.0. The topological polar surface area (TPSA) is 78.0 Å². The van der Waals surface area contributed by atoms with Gasteiger partial charge in [-0.3, -0.25) is 14.2 Å². The highest BCUT2D eigenvalue weighted by molar-refractivity contribution is 5.90. The number of benzene rings is 1. The molecule has 6 heteroatoms. The molecule has 130 valence electrons. The van der Waals surface area contributed by atoms with Gasteiger partial charge < -0.3 is 5.73 Å². The van der Waals surface area contributed by atoms with Gasteiger partial charge in [0, 0.05) is 6.07 Å². The van der Waals surface area contributed by atoms with Crippen molar-refractivity contribution in [1.82, 2.24) is 9.55 Å². The molecule has 2 aromatic rings. The molecule has 25 heavy (non-hydrogen) atoms. The van der Waals surface area contributed by atoms with E-state index in [9.17, 15) is 14.0 Å². The second kappa shape index (κ2) is 5.79. The maximum Gasteiger partial charge on any atom is 0.267 e. The second-order valence-electron chi connectivity index (χ2n) is 7.10. The first-order valence-electron chi connectivity index (χ1n) is 8.65. The van der Waals surface area contributed by atoms with E-state index in [-0.39, 0.29) is 29.0 Å². The van der Waals surface area contributed by atoms with E-state index >= 15 is 0 Å². The Hall–Kier alpha value is -2.50. The molecule has 0 bridgehead atoms. The fourth-order valence-electron chi connectivity index (χ4n) is 3.57. The third kappa shape index (κ3) is 2.97. The van der Waals surface area contributed by atoms with Crippen LogP contribution in [0.4, 0.5) is 4.39 Å². The molecular formula is C19H20FN3O2. The van der Waals surface area contributed by atoms with Gasteiger partial charge in [0.15, 0.2) is 0 Å². The van der Waals surface area contributed by atoms with Crippen molar-refractivity contribution in [3.63, 3.8) is 0 Å². The number of amides is 1. The predicted molar refractivity (Wildman–Crippen MR) is 91.0 cm³/mol. The van der Waals surface area contributed by atoms with E-state index in [1.165, 1.54) is 6.07 Å². The fraction of sp³-hybridized carbons (Fsp3) is 0.421. The van der Waals surface area contributed by atoms with Gasteiger partial charge in [-0.05, 0) is 61.6 Å². The number of halogens is 1. The van der Waals surface area contributed by atoms with E-state index in [1.54, 1.807) is 17.6 Å². The van der Waals surface area contributed by atoms with Gasteiger partial charge in [0.25, 0.3) is 11.5 Å². The molecule has 4 rings (SSSR count). The van der Waals surface area contributed by atoms with E-state index in [0.29, 0.717) is 11.7 Å². The summed E-state index contributed by atoms with van der Waals surface area (Å²) in [4.78, 5) is 28.1. The van der Waals surface area contributed by atoms with Crippen molar-refractivity contribution in [2.24, 2.45) is 11.7 Å². The number of carbonyl (C=O) groups excluding carboxylic acids is 1. The SMILES string of the molecule is Cc1nc(C(N)=O)cc(=O)n1[C@@H](c1ccc(C2CC2)c(F)c1)C1CC1. The Morgan fingerprint density at radius 2 is 2.00 bits per heavy atom. The van der Waals surface area contributed by atoms with Crippen LogP contribution < -0.4 is 11.3 Å². The van der Waals surface area contributed by atoms with Crippen molar-refractivity contribution >= 4 is 5.91 Å². The van der Waals surface area contributed by atoms with Crippen LogP contribution in [0.2, 0.25) is 0 Å². The number of primary amides is 1. The summed E-state index contributed by atoms with van der Waals surface area (Å²) in [5, 5.41) is 0. The molecule has 1 heterocycles. The van der Waals surface area contributed by atoms with Gasteiger partial charge in [-0.25, -0.2) is 9.37 Å². The van der Waals surface area contributed by atoms with E-state index in [1.807, 2.05) is 12.1 Å². The van der Waals surface area contributed by atoms with Crippen molar-refractivity contribution in [3.8, 4) is 0 Å². The molecule has 0 aliphatic heterocycles. The summed E-state index contributed by atoms with van der Waals surface area (Å²) in [6.45, 7) is 1.68. The molecule has 0 spiro atoms. The van der Waals surface area contributed by atoms with Crippen LogP contribution in [0.5, 0.6) is 0 Å². The van der Waals surface area contributed by atoms with Gasteiger partial charge >= 0.3 is 0 Å². The lowest BCUT2D eigenvalue weighted by molar-refractivity contribution is 0.0994. The molecule has 2 aliphatic carbocycles. The monoisotopic (exact) mass is 341 g/mol. The summed E-state index contributed by atoms with van der Waals surface area (Å²) in [6, 6.07) is 6.24. The van der Waals surface area contributed by atoms with Crippen LogP contribution in [0.15, 0.2) is 29.1 Å². The molecule has 2 aliphatic rings. The largest absolute Gasteiger partial charge is 0.364 e. The first-order chi connectivity index (χ1) is 12.0. The zero-order valence-electron chi connectivity index (χ0n) is 14.0. The van der Waals surface area contributed by atoms with Crippen LogP contribution in [0.25, 0.3) is 0 Å². The highest BCUT2D eigenvalue weighted by atomic mass is 19.1.